The van der Waals surface area contributed by atoms with Crippen molar-refractivity contribution < 1.29 is 14.6 Å². The maximum absolute atomic E-state index is 11.5. The Labute approximate surface area is 114 Å². The molecule has 0 aromatic heterocycles. The molecule has 0 saturated carbocycles. The van der Waals surface area contributed by atoms with Crippen LogP contribution in [-0.2, 0) is 16.1 Å². The molecule has 0 saturated heterocycles. The van der Waals surface area contributed by atoms with Gasteiger partial charge in [-0.2, -0.15) is 0 Å². The van der Waals surface area contributed by atoms with Gasteiger partial charge >= 0.3 is 0 Å². The normalized spacial score (nSPS) is 11.8. The van der Waals surface area contributed by atoms with Crippen LogP contribution in [0.25, 0.3) is 0 Å². The molecule has 0 radical (unpaired) electrons. The zero-order valence-electron chi connectivity index (χ0n) is 11.0. The number of ether oxygens (including phenoxy) is 1. The first-order chi connectivity index (χ1) is 9.22. The van der Waals surface area contributed by atoms with Gasteiger partial charge in [0.05, 0.1) is 6.61 Å². The molecule has 1 amide bonds. The van der Waals surface area contributed by atoms with Crippen LogP contribution in [0.5, 0.6) is 0 Å². The first kappa shape index (κ1) is 15.4. The first-order valence-corrected chi connectivity index (χ1v) is 6.46. The standard InChI is InChI=1S/C15H21NO3/c1-2-3-4-8-11-14(17)16-15(18)19-12-13-9-6-5-7-10-13/h2,5-7,9-10,15,18H,1,3-4,8,11-12H2,(H,16,17)/t15-/m1/s1. The highest BCUT2D eigenvalue weighted by Gasteiger charge is 2.08. The van der Waals surface area contributed by atoms with E-state index in [0.29, 0.717) is 6.42 Å². The molecule has 0 aliphatic rings. The Bertz CT molecular complexity index is 378. The molecule has 0 fully saturated rings. The summed E-state index contributed by atoms with van der Waals surface area (Å²) in [5.74, 6) is -0.204. The third-order valence-corrected chi connectivity index (χ3v) is 2.60. The van der Waals surface area contributed by atoms with Crippen molar-refractivity contribution in [2.75, 3.05) is 0 Å². The van der Waals surface area contributed by atoms with Crippen LogP contribution < -0.4 is 5.32 Å². The van der Waals surface area contributed by atoms with Gasteiger partial charge in [0.2, 0.25) is 12.3 Å². The summed E-state index contributed by atoms with van der Waals surface area (Å²) in [5, 5.41) is 11.9. The lowest BCUT2D eigenvalue weighted by atomic mass is 10.2. The maximum atomic E-state index is 11.5. The fraction of sp³-hybridized carbons (Fsp3) is 0.400. The number of unbranched alkanes of at least 4 members (excludes halogenated alkanes) is 2. The fourth-order valence-corrected chi connectivity index (χ4v) is 1.58. The second kappa shape index (κ2) is 9.30. The summed E-state index contributed by atoms with van der Waals surface area (Å²) in [6, 6.07) is 9.48. The SMILES string of the molecule is C=CCCCCC(=O)N[C@H](O)OCc1ccccc1. The van der Waals surface area contributed by atoms with Crippen molar-refractivity contribution in [2.24, 2.45) is 0 Å². The van der Waals surface area contributed by atoms with Crippen molar-refractivity contribution in [3.05, 3.63) is 48.6 Å². The lowest BCUT2D eigenvalue weighted by Crippen LogP contribution is -2.36. The zero-order chi connectivity index (χ0) is 13.9. The first-order valence-electron chi connectivity index (χ1n) is 6.46. The summed E-state index contributed by atoms with van der Waals surface area (Å²) in [5.41, 5.74) is 0.946. The maximum Gasteiger partial charge on any atom is 0.237 e. The van der Waals surface area contributed by atoms with E-state index in [9.17, 15) is 9.90 Å². The minimum absolute atomic E-state index is 0.204. The van der Waals surface area contributed by atoms with Crippen molar-refractivity contribution in [3.8, 4) is 0 Å². The van der Waals surface area contributed by atoms with Gasteiger partial charge in [-0.25, -0.2) is 0 Å². The summed E-state index contributed by atoms with van der Waals surface area (Å²) in [4.78, 5) is 11.5. The summed E-state index contributed by atoms with van der Waals surface area (Å²) < 4.78 is 5.13. The second-order valence-electron chi connectivity index (χ2n) is 4.25. The lowest BCUT2D eigenvalue weighted by molar-refractivity contribution is -0.150. The highest BCUT2D eigenvalue weighted by atomic mass is 16.6. The van der Waals surface area contributed by atoms with Crippen LogP contribution in [0, 0.1) is 0 Å². The van der Waals surface area contributed by atoms with Crippen molar-refractivity contribution in [3.63, 3.8) is 0 Å². The molecule has 1 atom stereocenters. The Morgan fingerprint density at radius 3 is 2.79 bits per heavy atom. The van der Waals surface area contributed by atoms with Crippen LogP contribution in [0.2, 0.25) is 0 Å². The Balaban J connectivity index is 2.14. The molecule has 104 valence electrons. The van der Waals surface area contributed by atoms with E-state index in [-0.39, 0.29) is 12.5 Å². The van der Waals surface area contributed by atoms with E-state index in [2.05, 4.69) is 11.9 Å². The molecule has 2 N–H and O–H groups in total. The van der Waals surface area contributed by atoms with Gasteiger partial charge in [0.25, 0.3) is 0 Å². The number of aliphatic hydroxyl groups excluding tert-OH is 1. The monoisotopic (exact) mass is 263 g/mol. The number of carbonyl (C=O) groups is 1. The number of nitrogens with one attached hydrogen (secondary N) is 1. The van der Waals surface area contributed by atoms with E-state index in [1.165, 1.54) is 0 Å². The van der Waals surface area contributed by atoms with E-state index in [4.69, 9.17) is 4.74 Å². The molecule has 1 aromatic carbocycles. The fourth-order valence-electron chi connectivity index (χ4n) is 1.58. The topological polar surface area (TPSA) is 58.6 Å². The lowest BCUT2D eigenvalue weighted by Gasteiger charge is -2.13. The van der Waals surface area contributed by atoms with Gasteiger partial charge in [0.1, 0.15) is 0 Å². The number of carbonyl (C=O) groups excluding carboxylic acids is 1. The molecule has 0 bridgehead atoms. The van der Waals surface area contributed by atoms with E-state index in [1.54, 1.807) is 0 Å². The Hall–Kier alpha value is -1.65. The summed E-state index contributed by atoms with van der Waals surface area (Å²) in [6.45, 7) is 3.88. The van der Waals surface area contributed by atoms with Gasteiger partial charge in [-0.1, -0.05) is 36.4 Å². The Kier molecular flexibility index (Phi) is 7.54. The number of hydrogen-bond acceptors (Lipinski definition) is 3. The smallest absolute Gasteiger partial charge is 0.237 e. The third kappa shape index (κ3) is 7.39. The van der Waals surface area contributed by atoms with Crippen LogP contribution in [0.1, 0.15) is 31.2 Å². The van der Waals surface area contributed by atoms with Crippen molar-refractivity contribution in [2.45, 2.75) is 38.7 Å². The average Bonchev–Trinajstić information content (AvgIpc) is 2.42. The zero-order valence-corrected chi connectivity index (χ0v) is 11.0. The molecule has 0 aliphatic carbocycles. The van der Waals surface area contributed by atoms with Crippen molar-refractivity contribution >= 4 is 5.91 Å². The molecular formula is C15H21NO3. The minimum Gasteiger partial charge on any atom is -0.351 e. The highest BCUT2D eigenvalue weighted by Crippen LogP contribution is 2.03. The molecule has 0 aliphatic heterocycles. The summed E-state index contributed by atoms with van der Waals surface area (Å²) in [7, 11) is 0. The molecule has 1 rings (SSSR count). The number of amides is 1. The average molecular weight is 263 g/mol. The van der Waals surface area contributed by atoms with Crippen LogP contribution in [0.4, 0.5) is 0 Å². The third-order valence-electron chi connectivity index (χ3n) is 2.60. The predicted octanol–water partition coefficient (Wildman–Crippen LogP) is 2.34. The molecule has 19 heavy (non-hydrogen) atoms. The number of benzene rings is 1. The Morgan fingerprint density at radius 2 is 2.11 bits per heavy atom. The summed E-state index contributed by atoms with van der Waals surface area (Å²) >= 11 is 0. The quantitative estimate of drug-likeness (QED) is 0.408. The molecule has 0 heterocycles. The second-order valence-corrected chi connectivity index (χ2v) is 4.25. The number of rotatable bonds is 9. The van der Waals surface area contributed by atoms with Crippen LogP contribution in [0.3, 0.4) is 0 Å². The van der Waals surface area contributed by atoms with Crippen LogP contribution in [0.15, 0.2) is 43.0 Å². The molecule has 4 nitrogen and oxygen atoms in total. The Morgan fingerprint density at radius 1 is 1.37 bits per heavy atom. The summed E-state index contributed by atoms with van der Waals surface area (Å²) in [6.07, 6.45) is 3.57. The predicted molar refractivity (Wildman–Crippen MR) is 74.0 cm³/mol. The van der Waals surface area contributed by atoms with Gasteiger partial charge in [-0.05, 0) is 24.8 Å². The molecule has 0 spiro atoms. The van der Waals surface area contributed by atoms with Crippen LogP contribution in [-0.4, -0.2) is 17.4 Å². The van der Waals surface area contributed by atoms with E-state index in [1.807, 2.05) is 36.4 Å². The van der Waals surface area contributed by atoms with E-state index < -0.39 is 6.41 Å². The van der Waals surface area contributed by atoms with Crippen LogP contribution >= 0.6 is 0 Å². The van der Waals surface area contributed by atoms with E-state index >= 15 is 0 Å². The number of aliphatic hydroxyl groups is 1. The van der Waals surface area contributed by atoms with Crippen molar-refractivity contribution in [1.82, 2.24) is 5.32 Å². The molecular weight excluding hydrogens is 242 g/mol. The van der Waals surface area contributed by atoms with Crippen molar-refractivity contribution in [1.29, 1.82) is 0 Å². The van der Waals surface area contributed by atoms with E-state index in [0.717, 1.165) is 24.8 Å². The number of hydrogen-bond donors (Lipinski definition) is 2. The van der Waals surface area contributed by atoms with Gasteiger partial charge < -0.3 is 15.2 Å². The highest BCUT2D eigenvalue weighted by molar-refractivity contribution is 5.75. The minimum atomic E-state index is -1.26. The van der Waals surface area contributed by atoms with Gasteiger partial charge in [-0.15, -0.1) is 6.58 Å². The number of allylic oxidation sites excluding steroid dienone is 1. The molecule has 4 heteroatoms. The molecule has 1 aromatic rings. The van der Waals surface area contributed by atoms with Gasteiger partial charge in [0.15, 0.2) is 0 Å². The van der Waals surface area contributed by atoms with Gasteiger partial charge in [-0.3, -0.25) is 4.79 Å². The largest absolute Gasteiger partial charge is 0.351 e. The molecule has 0 unspecified atom stereocenters. The van der Waals surface area contributed by atoms with Gasteiger partial charge in [0, 0.05) is 6.42 Å².